The highest BCUT2D eigenvalue weighted by atomic mass is 79.9. The Labute approximate surface area is 150 Å². The minimum Gasteiger partial charge on any atom is -0.497 e. The van der Waals surface area contributed by atoms with Gasteiger partial charge in [-0.3, -0.25) is 4.79 Å². The van der Waals surface area contributed by atoms with Crippen LogP contribution in [0.2, 0.25) is 0 Å². The quantitative estimate of drug-likeness (QED) is 0.840. The van der Waals surface area contributed by atoms with Crippen LogP contribution in [0, 0.1) is 0 Å². The van der Waals surface area contributed by atoms with Gasteiger partial charge in [-0.2, -0.15) is 0 Å². The maximum atomic E-state index is 12.7. The maximum absolute atomic E-state index is 12.7. The lowest BCUT2D eigenvalue weighted by atomic mass is 9.89. The van der Waals surface area contributed by atoms with Crippen molar-refractivity contribution in [2.45, 2.75) is 31.9 Å². The summed E-state index contributed by atoms with van der Waals surface area (Å²) >= 11 is 3.43. The SMILES string of the molecule is COc1ccc2c(c1)C(NC(=O)c1ccccc1Br)CC(C)(C)O2. The fourth-order valence-corrected chi connectivity index (χ4v) is 3.43. The van der Waals surface area contributed by atoms with Crippen LogP contribution in [0.1, 0.15) is 42.2 Å². The van der Waals surface area contributed by atoms with E-state index in [1.54, 1.807) is 13.2 Å². The van der Waals surface area contributed by atoms with Crippen LogP contribution < -0.4 is 14.8 Å². The molecule has 126 valence electrons. The van der Waals surface area contributed by atoms with Crippen molar-refractivity contribution in [3.8, 4) is 11.5 Å². The number of hydrogen-bond donors (Lipinski definition) is 1. The summed E-state index contributed by atoms with van der Waals surface area (Å²) in [4.78, 5) is 12.7. The topological polar surface area (TPSA) is 47.6 Å². The van der Waals surface area contributed by atoms with Gasteiger partial charge in [-0.25, -0.2) is 0 Å². The molecule has 0 saturated heterocycles. The van der Waals surface area contributed by atoms with Crippen LogP contribution in [0.25, 0.3) is 0 Å². The molecule has 3 rings (SSSR count). The van der Waals surface area contributed by atoms with E-state index in [2.05, 4.69) is 21.2 Å². The van der Waals surface area contributed by atoms with E-state index in [4.69, 9.17) is 9.47 Å². The number of benzene rings is 2. The predicted molar refractivity (Wildman–Crippen MR) is 96.7 cm³/mol. The second-order valence-corrected chi connectivity index (χ2v) is 7.33. The molecule has 4 nitrogen and oxygen atoms in total. The Morgan fingerprint density at radius 1 is 1.29 bits per heavy atom. The number of carbonyl (C=O) groups excluding carboxylic acids is 1. The largest absolute Gasteiger partial charge is 0.497 e. The first-order valence-corrected chi connectivity index (χ1v) is 8.61. The molecule has 0 spiro atoms. The van der Waals surface area contributed by atoms with Gasteiger partial charge in [-0.15, -0.1) is 0 Å². The van der Waals surface area contributed by atoms with E-state index in [1.165, 1.54) is 0 Å². The van der Waals surface area contributed by atoms with Crippen LogP contribution in [-0.4, -0.2) is 18.6 Å². The van der Waals surface area contributed by atoms with Gasteiger partial charge >= 0.3 is 0 Å². The number of fused-ring (bicyclic) bond motifs is 1. The number of halogens is 1. The molecule has 1 N–H and O–H groups in total. The average Bonchev–Trinajstić information content (AvgIpc) is 2.54. The third-order valence-electron chi connectivity index (χ3n) is 4.10. The van der Waals surface area contributed by atoms with E-state index >= 15 is 0 Å². The van der Waals surface area contributed by atoms with E-state index in [0.29, 0.717) is 12.0 Å². The van der Waals surface area contributed by atoms with Gasteiger partial charge in [0.25, 0.3) is 5.91 Å². The third-order valence-corrected chi connectivity index (χ3v) is 4.79. The van der Waals surface area contributed by atoms with Crippen molar-refractivity contribution in [1.82, 2.24) is 5.32 Å². The molecule has 1 aliphatic heterocycles. The fourth-order valence-electron chi connectivity index (χ4n) is 2.97. The standard InChI is InChI=1S/C19H20BrNO3/c1-19(2)11-16(14-10-12(23-3)8-9-17(14)24-19)21-18(22)13-6-4-5-7-15(13)20/h4-10,16H,11H2,1-3H3,(H,21,22). The van der Waals surface area contributed by atoms with Gasteiger partial charge in [0.05, 0.1) is 18.7 Å². The Balaban J connectivity index is 1.93. The molecule has 0 aliphatic carbocycles. The lowest BCUT2D eigenvalue weighted by Crippen LogP contribution is -2.41. The molecule has 0 radical (unpaired) electrons. The minimum atomic E-state index is -0.354. The summed E-state index contributed by atoms with van der Waals surface area (Å²) in [6.07, 6.45) is 0.684. The molecular formula is C19H20BrNO3. The van der Waals surface area contributed by atoms with Crippen molar-refractivity contribution in [2.75, 3.05) is 7.11 Å². The Kier molecular flexibility index (Phi) is 4.54. The summed E-state index contributed by atoms with van der Waals surface area (Å²) in [5, 5.41) is 3.13. The zero-order valence-corrected chi connectivity index (χ0v) is 15.5. The van der Waals surface area contributed by atoms with E-state index in [1.807, 2.05) is 50.2 Å². The zero-order chi connectivity index (χ0) is 17.3. The van der Waals surface area contributed by atoms with Crippen molar-refractivity contribution < 1.29 is 14.3 Å². The molecule has 24 heavy (non-hydrogen) atoms. The van der Waals surface area contributed by atoms with E-state index in [0.717, 1.165) is 21.5 Å². The molecule has 1 atom stereocenters. The van der Waals surface area contributed by atoms with Gasteiger partial charge in [-0.1, -0.05) is 12.1 Å². The Hall–Kier alpha value is -2.01. The van der Waals surface area contributed by atoms with Crippen LogP contribution in [-0.2, 0) is 0 Å². The third kappa shape index (κ3) is 3.41. The summed E-state index contributed by atoms with van der Waals surface area (Å²) in [5.74, 6) is 1.42. The molecule has 0 aromatic heterocycles. The predicted octanol–water partition coefficient (Wildman–Crippen LogP) is 4.49. The van der Waals surface area contributed by atoms with Crippen molar-refractivity contribution in [1.29, 1.82) is 0 Å². The van der Waals surface area contributed by atoms with Gasteiger partial charge in [0, 0.05) is 16.5 Å². The summed E-state index contributed by atoms with van der Waals surface area (Å²) < 4.78 is 12.1. The minimum absolute atomic E-state index is 0.112. The maximum Gasteiger partial charge on any atom is 0.252 e. The van der Waals surface area contributed by atoms with Crippen LogP contribution in [0.3, 0.4) is 0 Å². The van der Waals surface area contributed by atoms with Gasteiger partial charge in [-0.05, 0) is 60.1 Å². The number of hydrogen-bond acceptors (Lipinski definition) is 3. The summed E-state index contributed by atoms with van der Waals surface area (Å²) in [6, 6.07) is 13.0. The lowest BCUT2D eigenvalue weighted by molar-refractivity contribution is 0.0618. The molecule has 0 bridgehead atoms. The summed E-state index contributed by atoms with van der Waals surface area (Å²) in [6.45, 7) is 4.05. The number of nitrogens with one attached hydrogen (secondary N) is 1. The molecular weight excluding hydrogens is 370 g/mol. The van der Waals surface area contributed by atoms with E-state index < -0.39 is 0 Å². The molecule has 5 heteroatoms. The van der Waals surface area contributed by atoms with Crippen LogP contribution in [0.5, 0.6) is 11.5 Å². The second-order valence-electron chi connectivity index (χ2n) is 6.48. The van der Waals surface area contributed by atoms with Crippen molar-refractivity contribution >= 4 is 21.8 Å². The summed E-state index contributed by atoms with van der Waals surface area (Å²) in [5.41, 5.74) is 1.20. The Morgan fingerprint density at radius 3 is 2.75 bits per heavy atom. The first-order valence-electron chi connectivity index (χ1n) is 7.82. The van der Waals surface area contributed by atoms with Crippen LogP contribution in [0.15, 0.2) is 46.9 Å². The van der Waals surface area contributed by atoms with Gasteiger partial charge in [0.15, 0.2) is 0 Å². The molecule has 1 unspecified atom stereocenters. The number of carbonyl (C=O) groups is 1. The Morgan fingerprint density at radius 2 is 2.04 bits per heavy atom. The smallest absolute Gasteiger partial charge is 0.252 e. The fraction of sp³-hybridized carbons (Fsp3) is 0.316. The first-order chi connectivity index (χ1) is 11.4. The van der Waals surface area contributed by atoms with Crippen molar-refractivity contribution in [3.05, 3.63) is 58.1 Å². The highest BCUT2D eigenvalue weighted by molar-refractivity contribution is 9.10. The number of amides is 1. The van der Waals surface area contributed by atoms with Gasteiger partial charge in [0.2, 0.25) is 0 Å². The number of rotatable bonds is 3. The molecule has 1 amide bonds. The van der Waals surface area contributed by atoms with Gasteiger partial charge < -0.3 is 14.8 Å². The van der Waals surface area contributed by atoms with Gasteiger partial charge in [0.1, 0.15) is 17.1 Å². The average molecular weight is 390 g/mol. The second kappa shape index (κ2) is 6.48. The highest BCUT2D eigenvalue weighted by Gasteiger charge is 2.35. The monoisotopic (exact) mass is 389 g/mol. The van der Waals surface area contributed by atoms with Crippen LogP contribution >= 0.6 is 15.9 Å². The molecule has 0 fully saturated rings. The molecule has 2 aromatic carbocycles. The van der Waals surface area contributed by atoms with Crippen LogP contribution in [0.4, 0.5) is 0 Å². The molecule has 2 aromatic rings. The zero-order valence-electron chi connectivity index (χ0n) is 13.9. The molecule has 0 saturated carbocycles. The molecule has 1 heterocycles. The van der Waals surface area contributed by atoms with Crippen molar-refractivity contribution in [2.24, 2.45) is 0 Å². The normalized spacial score (nSPS) is 18.2. The number of methoxy groups -OCH3 is 1. The highest BCUT2D eigenvalue weighted by Crippen LogP contribution is 2.41. The lowest BCUT2D eigenvalue weighted by Gasteiger charge is -2.38. The molecule has 1 aliphatic rings. The van der Waals surface area contributed by atoms with E-state index in [-0.39, 0.29) is 17.6 Å². The van der Waals surface area contributed by atoms with E-state index in [9.17, 15) is 4.79 Å². The summed E-state index contributed by atoms with van der Waals surface area (Å²) in [7, 11) is 1.63. The number of ether oxygens (including phenoxy) is 2. The van der Waals surface area contributed by atoms with Crippen molar-refractivity contribution in [3.63, 3.8) is 0 Å². The Bertz CT molecular complexity index is 773. The first kappa shape index (κ1) is 16.8.